The molecule has 32 valence electrons. The van der Waals surface area contributed by atoms with Crippen molar-refractivity contribution < 1.29 is 36.5 Å². The number of nitrogens with zero attached hydrogens (tertiary/aromatic N) is 1. The minimum atomic E-state index is -1.50. The molecule has 0 aliphatic carbocycles. The van der Waals surface area contributed by atoms with Crippen molar-refractivity contribution in [3.05, 3.63) is 10.1 Å². The molecule has 0 rings (SSSR count). The Bertz CT molecular complexity index is 33.8. The fraction of sp³-hybridized carbons (Fsp3) is 0. The van der Waals surface area contributed by atoms with E-state index in [4.69, 9.17) is 15.3 Å². The molecular formula is H3BaNO3Zr. The summed E-state index contributed by atoms with van der Waals surface area (Å²) in [6, 6.07) is 0. The maximum absolute atomic E-state index is 8.36. The van der Waals surface area contributed by atoms with Gasteiger partial charge in [-0.25, -0.2) is 0 Å². The van der Waals surface area contributed by atoms with Gasteiger partial charge in [-0.2, -0.15) is 0 Å². The van der Waals surface area contributed by atoms with Crippen LogP contribution in [0.5, 0.6) is 0 Å². The first-order valence-electron chi connectivity index (χ1n) is 0.565. The molecule has 6 heteroatoms. The summed E-state index contributed by atoms with van der Waals surface area (Å²) >= 11 is 0. The van der Waals surface area contributed by atoms with Gasteiger partial charge in [0.1, 0.15) is 0 Å². The minimum Gasteiger partial charge on any atom is 0 e. The molecule has 0 radical (unpaired) electrons. The quantitative estimate of drug-likeness (QED) is 0.344. The average Bonchev–Trinajstić information content (AvgIpc) is 0.811. The monoisotopic (exact) mass is 293 g/mol. The summed E-state index contributed by atoms with van der Waals surface area (Å²) in [5, 5.41) is 13.6. The van der Waals surface area contributed by atoms with Gasteiger partial charge in [0.2, 0.25) is 0 Å². The smallest absolute Gasteiger partial charge is 0 e. The molecule has 0 aliphatic heterocycles. The third kappa shape index (κ3) is 44.8. The van der Waals surface area contributed by atoms with Gasteiger partial charge >= 0.3 is 48.9 Å². The zero-order chi connectivity index (χ0) is 3.58. The van der Waals surface area contributed by atoms with Gasteiger partial charge in [-0.15, -0.1) is 10.1 Å². The zero-order valence-corrected chi connectivity index (χ0v) is 4.67. The molecule has 4 nitrogen and oxygen atoms in total. The first-order chi connectivity index (χ1) is 1.73. The van der Waals surface area contributed by atoms with Crippen LogP contribution in [0.4, 0.5) is 0 Å². The Morgan fingerprint density at radius 1 is 1.67 bits per heavy atom. The van der Waals surface area contributed by atoms with Crippen LogP contribution in [-0.4, -0.2) is 59.2 Å². The molecule has 0 aromatic carbocycles. The van der Waals surface area contributed by atoms with Crippen LogP contribution in [0.15, 0.2) is 0 Å². The molecule has 0 fully saturated rings. The Morgan fingerprint density at radius 2 is 1.67 bits per heavy atom. The van der Waals surface area contributed by atoms with Crippen LogP contribution in [-0.2, 0) is 26.2 Å². The summed E-state index contributed by atoms with van der Waals surface area (Å²) in [6.07, 6.45) is 0. The summed E-state index contributed by atoms with van der Waals surface area (Å²) in [5.74, 6) is 0. The summed E-state index contributed by atoms with van der Waals surface area (Å²) in [5.41, 5.74) is 0. The number of hydrogen-bond acceptors (Lipinski definition) is 2. The molecule has 0 saturated heterocycles. The average molecular weight is 294 g/mol. The van der Waals surface area contributed by atoms with E-state index in [1.807, 2.05) is 0 Å². The molecule has 0 atom stereocenters. The molecule has 0 saturated carbocycles. The Kier molecular flexibility index (Phi) is 25.6. The van der Waals surface area contributed by atoms with E-state index in [9.17, 15) is 0 Å². The Balaban J connectivity index is -0.0000000450. The van der Waals surface area contributed by atoms with E-state index < -0.39 is 5.09 Å². The summed E-state index contributed by atoms with van der Waals surface area (Å²) < 4.78 is 0. The van der Waals surface area contributed by atoms with E-state index in [-0.39, 0.29) is 75.1 Å². The molecule has 0 aromatic heterocycles. The summed E-state index contributed by atoms with van der Waals surface area (Å²) in [7, 11) is 0. The van der Waals surface area contributed by atoms with Crippen molar-refractivity contribution in [3.8, 4) is 0 Å². The molecule has 0 aliphatic rings. The third-order valence-electron chi connectivity index (χ3n) is 0. The van der Waals surface area contributed by atoms with Crippen molar-refractivity contribution in [2.24, 2.45) is 0 Å². The standard InChI is InChI=1S/Ba.HNO3.Zr.2H/c;2-1(3)4;;;/h;(H,2,3,4);;;. The van der Waals surface area contributed by atoms with Gasteiger partial charge in [-0.1, -0.05) is 0 Å². The van der Waals surface area contributed by atoms with Crippen LogP contribution in [0.25, 0.3) is 0 Å². The maximum Gasteiger partial charge on any atom is 0 e. The second-order valence-corrected chi connectivity index (χ2v) is 0.238. The number of rotatable bonds is 0. The van der Waals surface area contributed by atoms with Crippen molar-refractivity contribution in [3.63, 3.8) is 0 Å². The first kappa shape index (κ1) is 15.6. The number of hydrogen-bond donors (Lipinski definition) is 1. The normalized spacial score (nSPS) is 4.00. The molecule has 0 bridgehead atoms. The van der Waals surface area contributed by atoms with Crippen molar-refractivity contribution in [1.82, 2.24) is 0 Å². The van der Waals surface area contributed by atoms with Gasteiger partial charge in [0.25, 0.3) is 5.09 Å². The summed E-state index contributed by atoms with van der Waals surface area (Å²) in [6.45, 7) is 0. The van der Waals surface area contributed by atoms with Crippen molar-refractivity contribution in [2.75, 3.05) is 0 Å². The van der Waals surface area contributed by atoms with Crippen molar-refractivity contribution >= 4 is 48.9 Å². The SMILES string of the molecule is O=[N+]([O-])O.[BaH2].[Zr]. The van der Waals surface area contributed by atoms with E-state index in [1.165, 1.54) is 0 Å². The predicted octanol–water partition coefficient (Wildman–Crippen LogP) is -1.27. The molecule has 0 unspecified atom stereocenters. The van der Waals surface area contributed by atoms with E-state index in [0.29, 0.717) is 0 Å². The van der Waals surface area contributed by atoms with Gasteiger partial charge in [-0.05, 0) is 0 Å². The summed E-state index contributed by atoms with van der Waals surface area (Å²) in [4.78, 5) is 8.36. The third-order valence-corrected chi connectivity index (χ3v) is 0. The van der Waals surface area contributed by atoms with E-state index in [1.54, 1.807) is 0 Å². The van der Waals surface area contributed by atoms with Gasteiger partial charge in [0.15, 0.2) is 0 Å². The second-order valence-electron chi connectivity index (χ2n) is 0.238. The maximum atomic E-state index is 8.36. The van der Waals surface area contributed by atoms with Crippen LogP contribution < -0.4 is 0 Å². The minimum absolute atomic E-state index is 0. The molecule has 6 heavy (non-hydrogen) atoms. The predicted molar refractivity (Wildman–Crippen MR) is 17.3 cm³/mol. The van der Waals surface area contributed by atoms with Crippen molar-refractivity contribution in [2.45, 2.75) is 0 Å². The molecular weight excluding hydrogens is 291 g/mol. The molecule has 0 amide bonds. The Labute approximate surface area is 93.6 Å². The van der Waals surface area contributed by atoms with Crippen molar-refractivity contribution in [1.29, 1.82) is 0 Å². The Morgan fingerprint density at radius 3 is 1.67 bits per heavy atom. The molecule has 0 spiro atoms. The largest absolute Gasteiger partial charge is 0 e. The van der Waals surface area contributed by atoms with Gasteiger partial charge in [-0.3, -0.25) is 0 Å². The van der Waals surface area contributed by atoms with E-state index in [2.05, 4.69) is 0 Å². The van der Waals surface area contributed by atoms with E-state index in [0.717, 1.165) is 0 Å². The van der Waals surface area contributed by atoms with Gasteiger partial charge < -0.3 is 5.21 Å². The first-order valence-corrected chi connectivity index (χ1v) is 0.565. The van der Waals surface area contributed by atoms with Gasteiger partial charge in [0, 0.05) is 26.2 Å². The van der Waals surface area contributed by atoms with Crippen LogP contribution in [0.3, 0.4) is 0 Å². The fourth-order valence-corrected chi connectivity index (χ4v) is 0. The van der Waals surface area contributed by atoms with Crippen LogP contribution >= 0.6 is 0 Å². The molecule has 0 aromatic rings. The zero-order valence-electron chi connectivity index (χ0n) is 2.21. The second kappa shape index (κ2) is 9.82. The topological polar surface area (TPSA) is 63.4 Å². The molecule has 1 N–H and O–H groups in total. The Hall–Kier alpha value is 1.65. The van der Waals surface area contributed by atoms with Crippen LogP contribution in [0.2, 0.25) is 0 Å². The van der Waals surface area contributed by atoms with Crippen LogP contribution in [0.1, 0.15) is 0 Å². The fourth-order valence-electron chi connectivity index (χ4n) is 0. The van der Waals surface area contributed by atoms with E-state index >= 15 is 0 Å². The molecule has 0 heterocycles. The van der Waals surface area contributed by atoms with Gasteiger partial charge in [0.05, 0.1) is 0 Å². The van der Waals surface area contributed by atoms with Crippen LogP contribution in [0, 0.1) is 10.1 Å².